The predicted octanol–water partition coefficient (Wildman–Crippen LogP) is 2.77. The number of carbonyl (C=O) groups is 3. The van der Waals surface area contributed by atoms with Crippen LogP contribution in [0.15, 0.2) is 36.5 Å². The van der Waals surface area contributed by atoms with Crippen LogP contribution in [0.5, 0.6) is 0 Å². The average molecular weight is 624 g/mol. The molecule has 3 heterocycles. The maximum Gasteiger partial charge on any atom is 0.328 e. The molecule has 3 saturated heterocycles. The predicted molar refractivity (Wildman–Crippen MR) is 159 cm³/mol. The molecule has 3 aliphatic heterocycles. The molecule has 9 atom stereocenters. The van der Waals surface area contributed by atoms with E-state index in [0.29, 0.717) is 18.4 Å². The largest absolute Gasteiger partial charge is 0.478 e. The number of hydrogen-bond donors (Lipinski definition) is 4. The quantitative estimate of drug-likeness (QED) is 0.0971. The molecule has 0 radical (unpaired) electrons. The topological polar surface area (TPSA) is 170 Å². The SMILES string of the molecule is C=C1CC(O)(C(O)C(=O)NC2OCOC3C2OC(CC(=O)CCCCCC=CC=CC(=O)O)C(C)(C)C3OC)OC(C)C1C. The van der Waals surface area contributed by atoms with Gasteiger partial charge in [0.05, 0.1) is 18.3 Å². The fourth-order valence-electron chi connectivity index (χ4n) is 6.06. The van der Waals surface area contributed by atoms with E-state index in [0.717, 1.165) is 25.3 Å². The molecule has 0 bridgehead atoms. The van der Waals surface area contributed by atoms with E-state index >= 15 is 0 Å². The van der Waals surface area contributed by atoms with E-state index in [-0.39, 0.29) is 31.3 Å². The number of rotatable bonds is 14. The number of methoxy groups -OCH3 is 1. The van der Waals surface area contributed by atoms with Crippen molar-refractivity contribution in [3.05, 3.63) is 36.5 Å². The van der Waals surface area contributed by atoms with Crippen molar-refractivity contribution in [2.45, 2.75) is 121 Å². The molecular weight excluding hydrogens is 574 g/mol. The number of unbranched alkanes of at least 4 members (excludes halogenated alkanes) is 3. The second-order valence-corrected chi connectivity index (χ2v) is 12.6. The molecular formula is C32H49NO11. The summed E-state index contributed by atoms with van der Waals surface area (Å²) in [4.78, 5) is 36.7. The molecule has 3 fully saturated rings. The summed E-state index contributed by atoms with van der Waals surface area (Å²) in [6, 6.07) is 0. The van der Waals surface area contributed by atoms with Gasteiger partial charge in [-0.25, -0.2) is 4.79 Å². The number of amides is 1. The van der Waals surface area contributed by atoms with E-state index in [1.807, 2.05) is 26.8 Å². The maximum absolute atomic E-state index is 13.2. The number of aliphatic carboxylic acids is 1. The molecule has 9 unspecified atom stereocenters. The van der Waals surface area contributed by atoms with Crippen LogP contribution in [0, 0.1) is 11.3 Å². The number of carboxylic acids is 1. The van der Waals surface area contributed by atoms with Gasteiger partial charge in [0, 0.05) is 43.8 Å². The number of carboxylic acid groups (broad SMARTS) is 1. The Labute approximate surface area is 259 Å². The number of aliphatic hydroxyl groups excluding tert-OH is 1. The third-order valence-electron chi connectivity index (χ3n) is 8.97. The number of allylic oxidation sites excluding steroid dienone is 3. The van der Waals surface area contributed by atoms with Crippen LogP contribution in [0.1, 0.15) is 72.6 Å². The van der Waals surface area contributed by atoms with Crippen molar-refractivity contribution in [3.8, 4) is 0 Å². The molecule has 248 valence electrons. The molecule has 4 N–H and O–H groups in total. The van der Waals surface area contributed by atoms with E-state index in [1.54, 1.807) is 20.1 Å². The molecule has 12 nitrogen and oxygen atoms in total. The lowest BCUT2D eigenvalue weighted by Gasteiger charge is -2.54. The van der Waals surface area contributed by atoms with Gasteiger partial charge in [0.15, 0.2) is 12.3 Å². The molecule has 0 spiro atoms. The van der Waals surface area contributed by atoms with E-state index in [4.69, 9.17) is 28.8 Å². The molecule has 0 aromatic rings. The Morgan fingerprint density at radius 1 is 1.14 bits per heavy atom. The number of nitrogens with one attached hydrogen (secondary N) is 1. The zero-order chi connectivity index (χ0) is 32.7. The zero-order valence-corrected chi connectivity index (χ0v) is 26.4. The second-order valence-electron chi connectivity index (χ2n) is 12.6. The Kier molecular flexibility index (Phi) is 12.9. The number of aliphatic hydroxyl groups is 2. The molecule has 0 aromatic carbocycles. The Morgan fingerprint density at radius 3 is 2.52 bits per heavy atom. The Bertz CT molecular complexity index is 1090. The van der Waals surface area contributed by atoms with Crippen LogP contribution < -0.4 is 5.32 Å². The van der Waals surface area contributed by atoms with Gasteiger partial charge in [0.2, 0.25) is 5.79 Å². The lowest BCUT2D eigenvalue weighted by atomic mass is 9.72. The Balaban J connectivity index is 1.60. The van der Waals surface area contributed by atoms with Crippen LogP contribution in [0.2, 0.25) is 0 Å². The van der Waals surface area contributed by atoms with Crippen LogP contribution in [0.3, 0.4) is 0 Å². The average Bonchev–Trinajstić information content (AvgIpc) is 2.95. The van der Waals surface area contributed by atoms with Crippen molar-refractivity contribution in [2.24, 2.45) is 11.3 Å². The standard InChI is InChI=1S/C32H49NO11/c1-19-17-32(39,44-21(3)20(19)2)27(37)29(38)33-30-26-25(41-18-42-30)28(40-6)31(4,5)23(43-26)16-22(34)14-12-10-8-7-9-11-13-15-24(35)36/h9,11,13,15,20-21,23,25-28,30,37,39H,1,7-8,10,12,14,16-18H2,2-6H3,(H,33,38)(H,35,36). The second kappa shape index (κ2) is 15.7. The van der Waals surface area contributed by atoms with Crippen LogP contribution in [0.25, 0.3) is 0 Å². The van der Waals surface area contributed by atoms with Crippen LogP contribution >= 0.6 is 0 Å². The summed E-state index contributed by atoms with van der Waals surface area (Å²) in [6.07, 6.45) is 3.77. The molecule has 44 heavy (non-hydrogen) atoms. The Hall–Kier alpha value is -2.45. The molecule has 12 heteroatoms. The number of ketones is 1. The van der Waals surface area contributed by atoms with Crippen molar-refractivity contribution in [1.82, 2.24) is 5.32 Å². The maximum atomic E-state index is 13.2. The van der Waals surface area contributed by atoms with E-state index < -0.39 is 65.9 Å². The van der Waals surface area contributed by atoms with E-state index in [2.05, 4.69) is 11.9 Å². The fourth-order valence-corrected chi connectivity index (χ4v) is 6.06. The van der Waals surface area contributed by atoms with Crippen molar-refractivity contribution in [3.63, 3.8) is 0 Å². The first kappa shape index (κ1) is 36.0. The number of carbonyl (C=O) groups excluding carboxylic acids is 2. The number of Topliss-reactive ketones (excluding diaryl/α,β-unsaturated/α-hetero) is 1. The smallest absolute Gasteiger partial charge is 0.328 e. The lowest BCUT2D eigenvalue weighted by molar-refractivity contribution is -0.330. The van der Waals surface area contributed by atoms with E-state index in [9.17, 15) is 24.6 Å². The highest BCUT2D eigenvalue weighted by molar-refractivity contribution is 5.82. The van der Waals surface area contributed by atoms with Gasteiger partial charge < -0.3 is 44.3 Å². The van der Waals surface area contributed by atoms with Gasteiger partial charge in [0.25, 0.3) is 5.91 Å². The third-order valence-corrected chi connectivity index (χ3v) is 8.97. The molecule has 1 amide bonds. The molecule has 3 aliphatic rings. The van der Waals surface area contributed by atoms with Gasteiger partial charge in [0.1, 0.15) is 24.8 Å². The van der Waals surface area contributed by atoms with Gasteiger partial charge in [-0.2, -0.15) is 0 Å². The minimum Gasteiger partial charge on any atom is -0.478 e. The number of hydrogen-bond acceptors (Lipinski definition) is 10. The van der Waals surface area contributed by atoms with Crippen LogP contribution in [-0.4, -0.2) is 95.5 Å². The minimum absolute atomic E-state index is 0.0326. The molecule has 0 saturated carbocycles. The summed E-state index contributed by atoms with van der Waals surface area (Å²) in [5, 5.41) is 33.1. The third kappa shape index (κ3) is 8.84. The van der Waals surface area contributed by atoms with Crippen molar-refractivity contribution < 1.29 is 53.4 Å². The van der Waals surface area contributed by atoms with Gasteiger partial charge in [-0.05, 0) is 26.2 Å². The summed E-state index contributed by atoms with van der Waals surface area (Å²) < 4.78 is 29.5. The van der Waals surface area contributed by atoms with Crippen LogP contribution in [0.4, 0.5) is 0 Å². The summed E-state index contributed by atoms with van der Waals surface area (Å²) in [7, 11) is 1.56. The molecule has 0 aromatic heterocycles. The zero-order valence-electron chi connectivity index (χ0n) is 26.4. The minimum atomic E-state index is -2.15. The monoisotopic (exact) mass is 623 g/mol. The molecule has 3 rings (SSSR count). The fraction of sp³-hybridized carbons (Fsp3) is 0.719. The highest BCUT2D eigenvalue weighted by atomic mass is 16.7. The summed E-state index contributed by atoms with van der Waals surface area (Å²) in [5.74, 6) is -4.06. The summed E-state index contributed by atoms with van der Waals surface area (Å²) in [6.45, 7) is 11.3. The molecule has 0 aliphatic carbocycles. The van der Waals surface area contributed by atoms with Crippen LogP contribution in [-0.2, 0) is 38.1 Å². The number of ether oxygens (including phenoxy) is 5. The van der Waals surface area contributed by atoms with E-state index in [1.165, 1.54) is 6.08 Å². The van der Waals surface area contributed by atoms with Crippen molar-refractivity contribution in [2.75, 3.05) is 13.9 Å². The van der Waals surface area contributed by atoms with Gasteiger partial charge in [-0.15, -0.1) is 0 Å². The lowest BCUT2D eigenvalue weighted by Crippen LogP contribution is -2.69. The van der Waals surface area contributed by atoms with Crippen molar-refractivity contribution in [1.29, 1.82) is 0 Å². The number of fused-ring (bicyclic) bond motifs is 1. The van der Waals surface area contributed by atoms with Crippen molar-refractivity contribution >= 4 is 17.7 Å². The summed E-state index contributed by atoms with van der Waals surface area (Å²) in [5.41, 5.74) is 0.0415. The Morgan fingerprint density at radius 2 is 1.86 bits per heavy atom. The summed E-state index contributed by atoms with van der Waals surface area (Å²) >= 11 is 0. The first-order valence-electron chi connectivity index (χ1n) is 15.3. The first-order valence-corrected chi connectivity index (χ1v) is 15.3. The van der Waals surface area contributed by atoms with Gasteiger partial charge >= 0.3 is 5.97 Å². The van der Waals surface area contributed by atoms with Gasteiger partial charge in [-0.1, -0.05) is 57.6 Å². The van der Waals surface area contributed by atoms with Gasteiger partial charge in [-0.3, -0.25) is 9.59 Å². The normalized spacial score (nSPS) is 34.5. The highest BCUT2D eigenvalue weighted by Gasteiger charge is 2.57. The first-order chi connectivity index (χ1) is 20.7. The highest BCUT2D eigenvalue weighted by Crippen LogP contribution is 2.43.